The van der Waals surface area contributed by atoms with Crippen LogP contribution in [0.2, 0.25) is 0 Å². The van der Waals surface area contributed by atoms with E-state index in [1.165, 1.54) is 5.57 Å². The molecule has 14 heavy (non-hydrogen) atoms. The molecule has 1 fully saturated rings. The Kier molecular flexibility index (Phi) is 2.07. The van der Waals surface area contributed by atoms with Gasteiger partial charge in [0.05, 0.1) is 6.61 Å². The average molecular weight is 196 g/mol. The molecule has 0 aromatic rings. The first-order chi connectivity index (χ1) is 6.48. The van der Waals surface area contributed by atoms with Crippen LogP contribution in [-0.4, -0.2) is 18.5 Å². The number of hydrogen-bond donors (Lipinski definition) is 0. The zero-order chi connectivity index (χ0) is 10.3. The zero-order valence-corrected chi connectivity index (χ0v) is 9.09. The van der Waals surface area contributed by atoms with Gasteiger partial charge in [-0.1, -0.05) is 5.57 Å². The largest absolute Gasteiger partial charge is 0.451 e. The van der Waals surface area contributed by atoms with Crippen molar-refractivity contribution >= 4 is 0 Å². The standard InChI is InChI=1S/C11H16O3/c1-7(2)5-8-10(9-6-12-9)14-11(3,4)13-8/h5,9H,6H2,1-4H3/t9-/m1/s1. The summed E-state index contributed by atoms with van der Waals surface area (Å²) in [6.45, 7) is 8.62. The van der Waals surface area contributed by atoms with Crippen LogP contribution in [0.4, 0.5) is 0 Å². The minimum Gasteiger partial charge on any atom is -0.451 e. The molecule has 0 aromatic carbocycles. The van der Waals surface area contributed by atoms with E-state index in [0.29, 0.717) is 0 Å². The highest BCUT2D eigenvalue weighted by molar-refractivity contribution is 5.27. The first kappa shape index (κ1) is 9.59. The zero-order valence-electron chi connectivity index (χ0n) is 9.09. The average Bonchev–Trinajstić information content (AvgIpc) is 2.76. The lowest BCUT2D eigenvalue weighted by Crippen LogP contribution is -2.21. The lowest BCUT2D eigenvalue weighted by molar-refractivity contribution is -0.122. The van der Waals surface area contributed by atoms with Gasteiger partial charge in [-0.15, -0.1) is 0 Å². The van der Waals surface area contributed by atoms with Gasteiger partial charge >= 0.3 is 0 Å². The molecular weight excluding hydrogens is 180 g/mol. The summed E-state index contributed by atoms with van der Waals surface area (Å²) in [5, 5.41) is 0. The number of rotatable bonds is 2. The molecule has 1 saturated heterocycles. The first-order valence-corrected chi connectivity index (χ1v) is 4.87. The minimum atomic E-state index is -0.553. The molecule has 0 spiro atoms. The van der Waals surface area contributed by atoms with Gasteiger partial charge in [0, 0.05) is 13.8 Å². The van der Waals surface area contributed by atoms with E-state index in [9.17, 15) is 0 Å². The van der Waals surface area contributed by atoms with E-state index >= 15 is 0 Å². The second kappa shape index (κ2) is 3.02. The number of epoxide rings is 1. The fraction of sp³-hybridized carbons (Fsp3) is 0.636. The van der Waals surface area contributed by atoms with Crippen molar-refractivity contribution in [2.75, 3.05) is 6.61 Å². The Balaban J connectivity index is 2.23. The Morgan fingerprint density at radius 3 is 2.50 bits per heavy atom. The van der Waals surface area contributed by atoms with Gasteiger partial charge in [-0.25, -0.2) is 0 Å². The van der Waals surface area contributed by atoms with Gasteiger partial charge in [-0.05, 0) is 19.9 Å². The summed E-state index contributed by atoms with van der Waals surface area (Å²) < 4.78 is 16.6. The van der Waals surface area contributed by atoms with E-state index in [1.807, 2.05) is 33.8 Å². The maximum atomic E-state index is 5.67. The van der Waals surface area contributed by atoms with Crippen LogP contribution in [0.1, 0.15) is 27.7 Å². The van der Waals surface area contributed by atoms with Gasteiger partial charge in [-0.3, -0.25) is 0 Å². The summed E-state index contributed by atoms with van der Waals surface area (Å²) in [4.78, 5) is 0. The molecule has 2 aliphatic heterocycles. The predicted octanol–water partition coefficient (Wildman–Crippen LogP) is 2.35. The fourth-order valence-corrected chi connectivity index (χ4v) is 1.44. The summed E-state index contributed by atoms with van der Waals surface area (Å²) in [5.41, 5.74) is 1.19. The predicted molar refractivity (Wildman–Crippen MR) is 52.4 cm³/mol. The van der Waals surface area contributed by atoms with E-state index in [-0.39, 0.29) is 6.10 Å². The molecule has 0 aliphatic carbocycles. The number of ether oxygens (including phenoxy) is 3. The van der Waals surface area contributed by atoms with Crippen molar-refractivity contribution in [1.29, 1.82) is 0 Å². The Morgan fingerprint density at radius 1 is 1.36 bits per heavy atom. The van der Waals surface area contributed by atoms with E-state index in [0.717, 1.165) is 18.1 Å². The van der Waals surface area contributed by atoms with Crippen LogP contribution >= 0.6 is 0 Å². The Bertz CT molecular complexity index is 304. The number of allylic oxidation sites excluding steroid dienone is 2. The Labute approximate surface area is 84.3 Å². The summed E-state index contributed by atoms with van der Waals surface area (Å²) in [6, 6.07) is 0. The van der Waals surface area contributed by atoms with Crippen LogP contribution in [0.3, 0.4) is 0 Å². The maximum Gasteiger partial charge on any atom is 0.245 e. The summed E-state index contributed by atoms with van der Waals surface area (Å²) in [7, 11) is 0. The lowest BCUT2D eigenvalue weighted by Gasteiger charge is -2.18. The first-order valence-electron chi connectivity index (χ1n) is 4.87. The van der Waals surface area contributed by atoms with Crippen molar-refractivity contribution < 1.29 is 14.2 Å². The molecule has 0 radical (unpaired) electrons. The van der Waals surface area contributed by atoms with Crippen LogP contribution < -0.4 is 0 Å². The minimum absolute atomic E-state index is 0.113. The molecule has 3 nitrogen and oxygen atoms in total. The van der Waals surface area contributed by atoms with E-state index < -0.39 is 5.79 Å². The van der Waals surface area contributed by atoms with Crippen molar-refractivity contribution in [2.24, 2.45) is 0 Å². The molecule has 0 N–H and O–H groups in total. The van der Waals surface area contributed by atoms with Crippen molar-refractivity contribution in [3.63, 3.8) is 0 Å². The molecule has 78 valence electrons. The highest BCUT2D eigenvalue weighted by Gasteiger charge is 2.42. The fourth-order valence-electron chi connectivity index (χ4n) is 1.44. The highest BCUT2D eigenvalue weighted by atomic mass is 16.7. The topological polar surface area (TPSA) is 31.0 Å². The van der Waals surface area contributed by atoms with Gasteiger partial charge in [0.25, 0.3) is 0 Å². The van der Waals surface area contributed by atoms with Crippen molar-refractivity contribution in [3.05, 3.63) is 23.2 Å². The molecular formula is C11H16O3. The number of hydrogen-bond acceptors (Lipinski definition) is 3. The van der Waals surface area contributed by atoms with Gasteiger partial charge < -0.3 is 14.2 Å². The van der Waals surface area contributed by atoms with Crippen LogP contribution in [0, 0.1) is 0 Å². The van der Waals surface area contributed by atoms with Gasteiger partial charge in [-0.2, -0.15) is 0 Å². The summed E-state index contributed by atoms with van der Waals surface area (Å²) >= 11 is 0. The SMILES string of the molecule is CC(C)=CC1=C([C@H]2CO2)OC(C)(C)O1. The van der Waals surface area contributed by atoms with E-state index in [2.05, 4.69) is 0 Å². The van der Waals surface area contributed by atoms with E-state index in [4.69, 9.17) is 14.2 Å². The quantitative estimate of drug-likeness (QED) is 0.635. The molecule has 0 aromatic heterocycles. The summed E-state index contributed by atoms with van der Waals surface area (Å²) in [6.07, 6.45) is 2.11. The highest BCUT2D eigenvalue weighted by Crippen LogP contribution is 2.37. The Morgan fingerprint density at radius 2 is 2.00 bits per heavy atom. The van der Waals surface area contributed by atoms with Crippen LogP contribution in [-0.2, 0) is 14.2 Å². The summed E-state index contributed by atoms with van der Waals surface area (Å²) in [5.74, 6) is 1.11. The molecule has 0 amide bonds. The molecule has 1 atom stereocenters. The van der Waals surface area contributed by atoms with Crippen LogP contribution in [0.15, 0.2) is 23.2 Å². The third-order valence-electron chi connectivity index (χ3n) is 2.00. The normalized spacial score (nSPS) is 28.1. The molecule has 3 heteroatoms. The third-order valence-corrected chi connectivity index (χ3v) is 2.00. The molecule has 0 bridgehead atoms. The monoisotopic (exact) mass is 196 g/mol. The smallest absolute Gasteiger partial charge is 0.245 e. The Hall–Kier alpha value is -0.960. The van der Waals surface area contributed by atoms with Gasteiger partial charge in [0.1, 0.15) is 6.10 Å². The molecule has 2 aliphatic rings. The molecule has 2 rings (SSSR count). The maximum absolute atomic E-state index is 5.67. The molecule has 2 heterocycles. The van der Waals surface area contributed by atoms with Gasteiger partial charge in [0.15, 0.2) is 11.5 Å². The third kappa shape index (κ3) is 1.93. The lowest BCUT2D eigenvalue weighted by atomic mass is 10.2. The van der Waals surface area contributed by atoms with Crippen molar-refractivity contribution in [3.8, 4) is 0 Å². The molecule has 0 saturated carbocycles. The second-order valence-electron chi connectivity index (χ2n) is 4.38. The van der Waals surface area contributed by atoms with Crippen LogP contribution in [0.5, 0.6) is 0 Å². The second-order valence-corrected chi connectivity index (χ2v) is 4.38. The van der Waals surface area contributed by atoms with E-state index in [1.54, 1.807) is 0 Å². The van der Waals surface area contributed by atoms with Crippen LogP contribution in [0.25, 0.3) is 0 Å². The van der Waals surface area contributed by atoms with Crippen molar-refractivity contribution in [1.82, 2.24) is 0 Å². The van der Waals surface area contributed by atoms with Crippen molar-refractivity contribution in [2.45, 2.75) is 39.6 Å². The van der Waals surface area contributed by atoms with Gasteiger partial charge in [0.2, 0.25) is 5.79 Å². The molecule has 0 unspecified atom stereocenters.